The predicted octanol–water partition coefficient (Wildman–Crippen LogP) is 1.37. The molecular weight excluding hydrogens is 262 g/mol. The Morgan fingerprint density at radius 3 is 2.70 bits per heavy atom. The molecule has 0 saturated carbocycles. The van der Waals surface area contributed by atoms with Crippen molar-refractivity contribution in [3.05, 3.63) is 18.0 Å². The predicted molar refractivity (Wildman–Crippen MR) is 69.8 cm³/mol. The van der Waals surface area contributed by atoms with Crippen LogP contribution in [0, 0.1) is 0 Å². The molecule has 7 heteroatoms. The molecule has 1 aromatic heterocycles. The third kappa shape index (κ3) is 2.05. The first kappa shape index (κ1) is 12.7. The van der Waals surface area contributed by atoms with E-state index in [1.54, 1.807) is 25.0 Å². The number of nitrogens with zero attached hydrogens (tertiary/aromatic N) is 3. The Morgan fingerprint density at radius 2 is 2.00 bits per heavy atom. The SMILES string of the molecule is COCc1nc(-c2cc3c(cc2OC)OCO3)nn1C. The molecule has 0 saturated heterocycles. The van der Waals surface area contributed by atoms with Crippen molar-refractivity contribution in [2.75, 3.05) is 21.0 Å². The quantitative estimate of drug-likeness (QED) is 0.840. The van der Waals surface area contributed by atoms with Crippen LogP contribution in [-0.2, 0) is 18.4 Å². The number of aryl methyl sites for hydroxylation is 1. The van der Waals surface area contributed by atoms with E-state index in [4.69, 9.17) is 18.9 Å². The van der Waals surface area contributed by atoms with Crippen molar-refractivity contribution in [2.45, 2.75) is 6.61 Å². The highest BCUT2D eigenvalue weighted by molar-refractivity contribution is 5.69. The number of hydrogen-bond donors (Lipinski definition) is 0. The van der Waals surface area contributed by atoms with Gasteiger partial charge in [-0.05, 0) is 6.07 Å². The summed E-state index contributed by atoms with van der Waals surface area (Å²) in [5.74, 6) is 3.28. The van der Waals surface area contributed by atoms with E-state index < -0.39 is 0 Å². The molecule has 106 valence electrons. The number of fused-ring (bicyclic) bond motifs is 1. The lowest BCUT2D eigenvalue weighted by Crippen LogP contribution is -2.00. The molecule has 0 atom stereocenters. The average molecular weight is 277 g/mol. The van der Waals surface area contributed by atoms with E-state index in [2.05, 4.69) is 10.1 Å². The highest BCUT2D eigenvalue weighted by atomic mass is 16.7. The molecule has 1 aromatic carbocycles. The summed E-state index contributed by atoms with van der Waals surface area (Å²) in [6.07, 6.45) is 0. The normalized spacial score (nSPS) is 12.8. The largest absolute Gasteiger partial charge is 0.496 e. The fraction of sp³-hybridized carbons (Fsp3) is 0.385. The summed E-state index contributed by atoms with van der Waals surface area (Å²) < 4.78 is 22.9. The van der Waals surface area contributed by atoms with Gasteiger partial charge < -0.3 is 18.9 Å². The molecule has 0 unspecified atom stereocenters. The minimum Gasteiger partial charge on any atom is -0.496 e. The van der Waals surface area contributed by atoms with Crippen LogP contribution in [-0.4, -0.2) is 35.8 Å². The summed E-state index contributed by atoms with van der Waals surface area (Å²) in [6.45, 7) is 0.614. The van der Waals surface area contributed by atoms with Crippen LogP contribution < -0.4 is 14.2 Å². The Bertz CT molecular complexity index is 639. The molecular formula is C13H15N3O4. The van der Waals surface area contributed by atoms with Crippen LogP contribution in [0.4, 0.5) is 0 Å². The second-order valence-electron chi connectivity index (χ2n) is 4.31. The summed E-state index contributed by atoms with van der Waals surface area (Å²) in [6, 6.07) is 3.61. The second-order valence-corrected chi connectivity index (χ2v) is 4.31. The molecule has 1 aliphatic rings. The summed E-state index contributed by atoms with van der Waals surface area (Å²) in [5, 5.41) is 4.38. The standard InChI is InChI=1S/C13H15N3O4/c1-16-12(6-17-2)14-13(15-16)8-4-10-11(20-7-19-10)5-9(8)18-3/h4-5H,6-7H2,1-3H3. The maximum Gasteiger partial charge on any atom is 0.231 e. The fourth-order valence-corrected chi connectivity index (χ4v) is 2.05. The van der Waals surface area contributed by atoms with Gasteiger partial charge in [0.2, 0.25) is 6.79 Å². The lowest BCUT2D eigenvalue weighted by atomic mass is 10.1. The fourth-order valence-electron chi connectivity index (χ4n) is 2.05. The number of aromatic nitrogens is 3. The Labute approximate surface area is 116 Å². The zero-order valence-corrected chi connectivity index (χ0v) is 11.5. The van der Waals surface area contributed by atoms with E-state index in [0.717, 1.165) is 11.4 Å². The topological polar surface area (TPSA) is 67.6 Å². The first-order valence-electron chi connectivity index (χ1n) is 6.09. The van der Waals surface area contributed by atoms with Gasteiger partial charge >= 0.3 is 0 Å². The van der Waals surface area contributed by atoms with Gasteiger partial charge in [0.25, 0.3) is 0 Å². The third-order valence-corrected chi connectivity index (χ3v) is 3.06. The zero-order chi connectivity index (χ0) is 14.1. The second kappa shape index (κ2) is 5.01. The van der Waals surface area contributed by atoms with Crippen molar-refractivity contribution in [1.29, 1.82) is 0 Å². The molecule has 1 aliphatic heterocycles. The van der Waals surface area contributed by atoms with Gasteiger partial charge in [-0.1, -0.05) is 0 Å². The van der Waals surface area contributed by atoms with Gasteiger partial charge in [0.15, 0.2) is 23.1 Å². The van der Waals surface area contributed by atoms with Crippen molar-refractivity contribution in [3.8, 4) is 28.6 Å². The van der Waals surface area contributed by atoms with Crippen molar-refractivity contribution in [2.24, 2.45) is 7.05 Å². The molecule has 0 aliphatic carbocycles. The molecule has 2 heterocycles. The van der Waals surface area contributed by atoms with E-state index in [9.17, 15) is 0 Å². The molecule has 0 bridgehead atoms. The smallest absolute Gasteiger partial charge is 0.231 e. The number of hydrogen-bond acceptors (Lipinski definition) is 6. The molecule has 0 N–H and O–H groups in total. The van der Waals surface area contributed by atoms with Gasteiger partial charge in [0, 0.05) is 20.2 Å². The zero-order valence-electron chi connectivity index (χ0n) is 11.5. The Morgan fingerprint density at radius 1 is 1.25 bits per heavy atom. The maximum atomic E-state index is 5.38. The van der Waals surface area contributed by atoms with Crippen molar-refractivity contribution in [1.82, 2.24) is 14.8 Å². The van der Waals surface area contributed by atoms with Gasteiger partial charge in [0.05, 0.1) is 12.7 Å². The summed E-state index contributed by atoms with van der Waals surface area (Å²) in [7, 11) is 5.04. The third-order valence-electron chi connectivity index (χ3n) is 3.06. The van der Waals surface area contributed by atoms with E-state index in [1.165, 1.54) is 0 Å². The Kier molecular flexibility index (Phi) is 3.19. The van der Waals surface area contributed by atoms with Crippen LogP contribution in [0.15, 0.2) is 12.1 Å². The molecule has 3 rings (SSSR count). The molecule has 0 spiro atoms. The maximum absolute atomic E-state index is 5.38. The lowest BCUT2D eigenvalue weighted by Gasteiger charge is -2.06. The molecule has 2 aromatic rings. The van der Waals surface area contributed by atoms with Gasteiger partial charge in [-0.25, -0.2) is 4.98 Å². The van der Waals surface area contributed by atoms with Crippen LogP contribution >= 0.6 is 0 Å². The number of methoxy groups -OCH3 is 2. The highest BCUT2D eigenvalue weighted by Crippen LogP contribution is 2.41. The first-order chi connectivity index (χ1) is 9.72. The molecule has 0 amide bonds. The van der Waals surface area contributed by atoms with Crippen molar-refractivity contribution >= 4 is 0 Å². The van der Waals surface area contributed by atoms with Crippen LogP contribution in [0.1, 0.15) is 5.82 Å². The van der Waals surface area contributed by atoms with Crippen LogP contribution in [0.3, 0.4) is 0 Å². The van der Waals surface area contributed by atoms with Gasteiger partial charge in [-0.15, -0.1) is 0 Å². The van der Waals surface area contributed by atoms with Gasteiger partial charge in [-0.3, -0.25) is 4.68 Å². The van der Waals surface area contributed by atoms with E-state index in [-0.39, 0.29) is 6.79 Å². The lowest BCUT2D eigenvalue weighted by molar-refractivity contribution is 0.174. The molecule has 0 fully saturated rings. The molecule has 0 radical (unpaired) electrons. The van der Waals surface area contributed by atoms with Crippen LogP contribution in [0.5, 0.6) is 17.2 Å². The number of benzene rings is 1. The number of rotatable bonds is 4. The average Bonchev–Trinajstić information content (AvgIpc) is 3.04. The van der Waals surface area contributed by atoms with E-state index >= 15 is 0 Å². The number of ether oxygens (including phenoxy) is 4. The molecule has 20 heavy (non-hydrogen) atoms. The summed E-state index contributed by atoms with van der Waals surface area (Å²) >= 11 is 0. The van der Waals surface area contributed by atoms with Crippen molar-refractivity contribution in [3.63, 3.8) is 0 Å². The minimum atomic E-state index is 0.215. The minimum absolute atomic E-state index is 0.215. The van der Waals surface area contributed by atoms with Crippen LogP contribution in [0.25, 0.3) is 11.4 Å². The summed E-state index contributed by atoms with van der Waals surface area (Å²) in [5.41, 5.74) is 0.759. The summed E-state index contributed by atoms with van der Waals surface area (Å²) in [4.78, 5) is 4.45. The first-order valence-corrected chi connectivity index (χ1v) is 6.09. The van der Waals surface area contributed by atoms with Crippen molar-refractivity contribution < 1.29 is 18.9 Å². The molecule has 7 nitrogen and oxygen atoms in total. The van der Waals surface area contributed by atoms with Crippen LogP contribution in [0.2, 0.25) is 0 Å². The highest BCUT2D eigenvalue weighted by Gasteiger charge is 2.21. The van der Waals surface area contributed by atoms with Gasteiger partial charge in [-0.2, -0.15) is 5.10 Å². The Hall–Kier alpha value is -2.28. The van der Waals surface area contributed by atoms with Gasteiger partial charge in [0.1, 0.15) is 12.4 Å². The van der Waals surface area contributed by atoms with E-state index in [1.807, 2.05) is 13.1 Å². The monoisotopic (exact) mass is 277 g/mol. The Balaban J connectivity index is 2.07. The van der Waals surface area contributed by atoms with E-state index in [0.29, 0.717) is 29.7 Å².